The van der Waals surface area contributed by atoms with Gasteiger partial charge in [0, 0.05) is 23.7 Å². The molecule has 1 aromatic carbocycles. The van der Waals surface area contributed by atoms with Crippen LogP contribution >= 0.6 is 11.3 Å². The van der Waals surface area contributed by atoms with E-state index in [-0.39, 0.29) is 4.90 Å². The van der Waals surface area contributed by atoms with Crippen molar-refractivity contribution in [3.63, 3.8) is 0 Å². The fourth-order valence-electron chi connectivity index (χ4n) is 3.35. The third-order valence-electron chi connectivity index (χ3n) is 5.04. The van der Waals surface area contributed by atoms with Gasteiger partial charge in [0.15, 0.2) is 6.61 Å². The molecule has 8 nitrogen and oxygen atoms in total. The number of thiophene rings is 1. The molecule has 0 radical (unpaired) electrons. The molecule has 0 aliphatic carbocycles. The van der Waals surface area contributed by atoms with Gasteiger partial charge in [0.1, 0.15) is 4.88 Å². The lowest BCUT2D eigenvalue weighted by Gasteiger charge is -2.26. The Morgan fingerprint density at radius 3 is 2.47 bits per heavy atom. The van der Waals surface area contributed by atoms with Crippen LogP contribution in [0.2, 0.25) is 0 Å². The minimum absolute atomic E-state index is 0.149. The average Bonchev–Trinajstić information content (AvgIpc) is 3.22. The van der Waals surface area contributed by atoms with Crippen LogP contribution in [0.1, 0.15) is 40.4 Å². The SMILES string of the molecule is CCCc1sc(C(=O)OCC(=O)Nc2ccc(S(=O)(=O)N3CCOCC3)cc2)cc1CC. The van der Waals surface area contributed by atoms with Gasteiger partial charge in [0.2, 0.25) is 10.0 Å². The number of esters is 1. The molecule has 1 aliphatic rings. The number of benzene rings is 1. The first kappa shape index (κ1) is 24.4. The summed E-state index contributed by atoms with van der Waals surface area (Å²) < 4.78 is 37.0. The highest BCUT2D eigenvalue weighted by Crippen LogP contribution is 2.25. The van der Waals surface area contributed by atoms with E-state index in [1.165, 1.54) is 44.8 Å². The molecule has 1 amide bonds. The second-order valence-corrected chi connectivity index (χ2v) is 10.4. The van der Waals surface area contributed by atoms with Crippen molar-refractivity contribution in [2.45, 2.75) is 38.0 Å². The van der Waals surface area contributed by atoms with E-state index in [0.29, 0.717) is 36.9 Å². The Morgan fingerprint density at radius 2 is 1.84 bits per heavy atom. The summed E-state index contributed by atoms with van der Waals surface area (Å²) in [4.78, 5) is 26.3. The van der Waals surface area contributed by atoms with Crippen LogP contribution in [0.3, 0.4) is 0 Å². The Kier molecular flexibility index (Phi) is 8.41. The lowest BCUT2D eigenvalue weighted by Crippen LogP contribution is -2.40. The summed E-state index contributed by atoms with van der Waals surface area (Å²) >= 11 is 1.41. The Morgan fingerprint density at radius 1 is 1.16 bits per heavy atom. The number of carbonyl (C=O) groups excluding carboxylic acids is 2. The molecule has 32 heavy (non-hydrogen) atoms. The minimum atomic E-state index is -3.60. The van der Waals surface area contributed by atoms with Gasteiger partial charge in [-0.15, -0.1) is 11.3 Å². The van der Waals surface area contributed by atoms with Gasteiger partial charge in [0.25, 0.3) is 5.91 Å². The van der Waals surface area contributed by atoms with E-state index < -0.39 is 28.5 Å². The van der Waals surface area contributed by atoms with Gasteiger partial charge in [-0.05, 0) is 48.7 Å². The summed E-state index contributed by atoms with van der Waals surface area (Å²) in [7, 11) is -3.60. The smallest absolute Gasteiger partial charge is 0.348 e. The number of nitrogens with zero attached hydrogens (tertiary/aromatic N) is 1. The standard InChI is InChI=1S/C22H28N2O6S2/c1-3-5-19-16(4-2)14-20(31-19)22(26)30-15-21(25)23-17-6-8-18(9-7-17)32(27,28)24-10-12-29-13-11-24/h6-9,14H,3-5,10-13,15H2,1-2H3,(H,23,25). The van der Waals surface area contributed by atoms with Crippen molar-refractivity contribution in [2.75, 3.05) is 38.2 Å². The zero-order valence-corrected chi connectivity index (χ0v) is 19.9. The van der Waals surface area contributed by atoms with Crippen molar-refractivity contribution in [2.24, 2.45) is 0 Å². The zero-order chi connectivity index (χ0) is 23.1. The van der Waals surface area contributed by atoms with Gasteiger partial charge in [-0.1, -0.05) is 20.3 Å². The molecule has 0 spiro atoms. The molecule has 0 unspecified atom stereocenters. The van der Waals surface area contributed by atoms with Gasteiger partial charge < -0.3 is 14.8 Å². The largest absolute Gasteiger partial charge is 0.451 e. The fraction of sp³-hybridized carbons (Fsp3) is 0.455. The van der Waals surface area contributed by atoms with E-state index >= 15 is 0 Å². The molecule has 1 N–H and O–H groups in total. The van der Waals surface area contributed by atoms with Crippen LogP contribution in [0, 0.1) is 0 Å². The Balaban J connectivity index is 1.54. The van der Waals surface area contributed by atoms with Crippen LogP contribution in [0.4, 0.5) is 5.69 Å². The average molecular weight is 481 g/mol. The third-order valence-corrected chi connectivity index (χ3v) is 8.17. The van der Waals surface area contributed by atoms with Gasteiger partial charge >= 0.3 is 5.97 Å². The number of aryl methyl sites for hydroxylation is 2. The van der Waals surface area contributed by atoms with Crippen LogP contribution in [0.25, 0.3) is 0 Å². The summed E-state index contributed by atoms with van der Waals surface area (Å²) in [6.45, 7) is 5.09. The summed E-state index contributed by atoms with van der Waals surface area (Å²) in [5.74, 6) is -1.02. The number of hydrogen-bond donors (Lipinski definition) is 1. The monoisotopic (exact) mass is 480 g/mol. The summed E-state index contributed by atoms with van der Waals surface area (Å²) in [6.07, 6.45) is 2.76. The second kappa shape index (κ2) is 11.0. The van der Waals surface area contributed by atoms with Crippen LogP contribution in [0.15, 0.2) is 35.2 Å². The first-order valence-electron chi connectivity index (χ1n) is 10.6. The molecular weight excluding hydrogens is 452 g/mol. The normalized spacial score (nSPS) is 14.8. The minimum Gasteiger partial charge on any atom is -0.451 e. The predicted molar refractivity (Wildman–Crippen MR) is 123 cm³/mol. The van der Waals surface area contributed by atoms with E-state index in [4.69, 9.17) is 9.47 Å². The maximum absolute atomic E-state index is 12.6. The predicted octanol–water partition coefficient (Wildman–Crippen LogP) is 3.08. The molecule has 0 saturated carbocycles. The highest BCUT2D eigenvalue weighted by Gasteiger charge is 2.26. The summed E-state index contributed by atoms with van der Waals surface area (Å²) in [5.41, 5.74) is 1.56. The molecule has 2 heterocycles. The number of sulfonamides is 1. The number of morpholine rings is 1. The molecule has 1 saturated heterocycles. The Bertz CT molecular complexity index is 1040. The number of rotatable bonds is 9. The maximum Gasteiger partial charge on any atom is 0.348 e. The lowest BCUT2D eigenvalue weighted by molar-refractivity contribution is -0.119. The molecule has 10 heteroatoms. The van der Waals surface area contributed by atoms with Crippen LogP contribution in [-0.2, 0) is 37.1 Å². The van der Waals surface area contributed by atoms with Crippen LogP contribution in [0.5, 0.6) is 0 Å². The fourth-order valence-corrected chi connectivity index (χ4v) is 6.01. The van der Waals surface area contributed by atoms with Crippen molar-refractivity contribution in [3.05, 3.63) is 45.6 Å². The van der Waals surface area contributed by atoms with E-state index in [0.717, 1.165) is 24.8 Å². The van der Waals surface area contributed by atoms with E-state index in [9.17, 15) is 18.0 Å². The maximum atomic E-state index is 12.6. The quantitative estimate of drug-likeness (QED) is 0.554. The number of anilines is 1. The van der Waals surface area contributed by atoms with E-state index in [2.05, 4.69) is 12.2 Å². The molecule has 174 valence electrons. The van der Waals surface area contributed by atoms with Gasteiger partial charge in [-0.25, -0.2) is 13.2 Å². The van der Waals surface area contributed by atoms with Crippen molar-refractivity contribution >= 4 is 38.9 Å². The first-order valence-corrected chi connectivity index (χ1v) is 12.9. The molecular formula is C22H28N2O6S2. The Hall–Kier alpha value is -2.27. The number of nitrogens with one attached hydrogen (secondary N) is 1. The molecule has 1 fully saturated rings. The van der Waals surface area contributed by atoms with Gasteiger partial charge in [-0.3, -0.25) is 4.79 Å². The Labute approximate surface area is 192 Å². The zero-order valence-electron chi connectivity index (χ0n) is 18.3. The number of amides is 1. The van der Waals surface area contributed by atoms with Crippen molar-refractivity contribution < 1.29 is 27.5 Å². The van der Waals surface area contributed by atoms with Crippen LogP contribution in [-0.4, -0.2) is 57.5 Å². The van der Waals surface area contributed by atoms with Gasteiger partial charge in [0.05, 0.1) is 18.1 Å². The molecule has 3 rings (SSSR count). The number of ether oxygens (including phenoxy) is 2. The van der Waals surface area contributed by atoms with Crippen LogP contribution < -0.4 is 5.32 Å². The topological polar surface area (TPSA) is 102 Å². The first-order chi connectivity index (χ1) is 15.3. The molecule has 1 aliphatic heterocycles. The number of carbonyl (C=O) groups is 2. The summed E-state index contributed by atoms with van der Waals surface area (Å²) in [6, 6.07) is 7.75. The number of hydrogen-bond acceptors (Lipinski definition) is 7. The third kappa shape index (κ3) is 5.94. The molecule has 2 aromatic rings. The molecule has 1 aromatic heterocycles. The van der Waals surface area contributed by atoms with Crippen molar-refractivity contribution in [1.29, 1.82) is 0 Å². The highest BCUT2D eigenvalue weighted by molar-refractivity contribution is 7.89. The second-order valence-electron chi connectivity index (χ2n) is 7.33. The lowest BCUT2D eigenvalue weighted by atomic mass is 10.1. The summed E-state index contributed by atoms with van der Waals surface area (Å²) in [5, 5.41) is 2.61. The molecule has 0 bridgehead atoms. The van der Waals surface area contributed by atoms with Gasteiger partial charge in [-0.2, -0.15) is 4.31 Å². The molecule has 0 atom stereocenters. The van der Waals surface area contributed by atoms with E-state index in [1.807, 2.05) is 13.0 Å². The van der Waals surface area contributed by atoms with E-state index in [1.54, 1.807) is 0 Å². The van der Waals surface area contributed by atoms with Crippen molar-refractivity contribution in [3.8, 4) is 0 Å². The van der Waals surface area contributed by atoms with Crippen molar-refractivity contribution in [1.82, 2.24) is 4.31 Å². The highest BCUT2D eigenvalue weighted by atomic mass is 32.2.